The third-order valence-electron chi connectivity index (χ3n) is 5.13. The smallest absolute Gasteiger partial charge is 0.185 e. The minimum Gasteiger partial charge on any atom is -0.289 e. The maximum atomic E-state index is 12.6. The van der Waals surface area contributed by atoms with Crippen molar-refractivity contribution in [2.75, 3.05) is 0 Å². The second-order valence-electron chi connectivity index (χ2n) is 6.97. The molecule has 2 aromatic carbocycles. The fourth-order valence-corrected chi connectivity index (χ4v) is 4.00. The molecule has 2 heteroatoms. The topological polar surface area (TPSA) is 17.1 Å². The summed E-state index contributed by atoms with van der Waals surface area (Å²) in [4.78, 5) is 12.6. The number of carbonyl (C=O) groups excluding carboxylic acids is 1. The number of rotatable bonds is 5. The highest BCUT2D eigenvalue weighted by molar-refractivity contribution is 9.11. The third kappa shape index (κ3) is 4.82. The predicted molar refractivity (Wildman–Crippen MR) is 114 cm³/mol. The molecule has 1 nitrogen and oxygen atoms in total. The fraction of sp³-hybridized carbons (Fsp3) is 0.292. The van der Waals surface area contributed by atoms with Gasteiger partial charge in [-0.3, -0.25) is 4.79 Å². The van der Waals surface area contributed by atoms with Gasteiger partial charge in [0.05, 0.1) is 0 Å². The summed E-state index contributed by atoms with van der Waals surface area (Å²) in [5, 5.41) is 0. The van der Waals surface area contributed by atoms with Gasteiger partial charge in [0.15, 0.2) is 5.78 Å². The quantitative estimate of drug-likeness (QED) is 0.288. The van der Waals surface area contributed by atoms with E-state index < -0.39 is 0 Å². The lowest BCUT2D eigenvalue weighted by atomic mass is 9.84. The van der Waals surface area contributed by atoms with Crippen LogP contribution in [0.4, 0.5) is 0 Å². The Balaban J connectivity index is 1.72. The van der Waals surface area contributed by atoms with E-state index in [0.717, 1.165) is 21.2 Å². The van der Waals surface area contributed by atoms with Gasteiger partial charge in [0, 0.05) is 5.56 Å². The van der Waals surface area contributed by atoms with Gasteiger partial charge in [0.25, 0.3) is 0 Å². The third-order valence-corrected chi connectivity index (χ3v) is 5.56. The standard InChI is InChI=1S/C24H25BrO/c1-18(25)23(21-10-6-3-7-11-21)16-17-24(26)22-14-12-20(13-15-22)19-8-4-2-5-9-19/h3,6-7,10-17,19H,2,4-5,8-9H2,1H3/b17-16+,23-18+. The number of allylic oxidation sites excluding steroid dienone is 4. The van der Waals surface area contributed by atoms with Gasteiger partial charge in [-0.05, 0) is 59.0 Å². The molecule has 1 fully saturated rings. The Hall–Kier alpha value is -1.93. The first-order valence-corrected chi connectivity index (χ1v) is 10.2. The molecule has 0 bridgehead atoms. The lowest BCUT2D eigenvalue weighted by Crippen LogP contribution is -2.05. The number of benzene rings is 2. The molecule has 0 heterocycles. The van der Waals surface area contributed by atoms with Crippen LogP contribution in [0.2, 0.25) is 0 Å². The van der Waals surface area contributed by atoms with E-state index in [4.69, 9.17) is 0 Å². The normalized spacial score (nSPS) is 16.5. The van der Waals surface area contributed by atoms with Crippen molar-refractivity contribution in [3.05, 3.63) is 87.9 Å². The molecular weight excluding hydrogens is 384 g/mol. The highest BCUT2D eigenvalue weighted by atomic mass is 79.9. The second-order valence-corrected chi connectivity index (χ2v) is 8.16. The molecule has 3 rings (SSSR count). The van der Waals surface area contributed by atoms with Gasteiger partial charge >= 0.3 is 0 Å². The molecule has 0 atom stereocenters. The largest absolute Gasteiger partial charge is 0.289 e. The average molecular weight is 409 g/mol. The number of hydrogen-bond acceptors (Lipinski definition) is 1. The van der Waals surface area contributed by atoms with Crippen LogP contribution in [0.15, 0.2) is 71.2 Å². The van der Waals surface area contributed by atoms with Crippen LogP contribution >= 0.6 is 15.9 Å². The van der Waals surface area contributed by atoms with Crippen molar-refractivity contribution >= 4 is 27.3 Å². The van der Waals surface area contributed by atoms with E-state index >= 15 is 0 Å². The first-order chi connectivity index (χ1) is 12.6. The minimum absolute atomic E-state index is 0.0439. The van der Waals surface area contributed by atoms with Gasteiger partial charge < -0.3 is 0 Å². The molecule has 1 saturated carbocycles. The van der Waals surface area contributed by atoms with E-state index in [2.05, 4.69) is 28.1 Å². The van der Waals surface area contributed by atoms with Crippen LogP contribution < -0.4 is 0 Å². The highest BCUT2D eigenvalue weighted by Crippen LogP contribution is 2.32. The summed E-state index contributed by atoms with van der Waals surface area (Å²) in [6, 6.07) is 18.3. The van der Waals surface area contributed by atoms with Crippen molar-refractivity contribution in [3.63, 3.8) is 0 Å². The minimum atomic E-state index is 0.0439. The first-order valence-electron chi connectivity index (χ1n) is 9.39. The zero-order valence-electron chi connectivity index (χ0n) is 15.2. The summed E-state index contributed by atoms with van der Waals surface area (Å²) >= 11 is 3.55. The van der Waals surface area contributed by atoms with Crippen LogP contribution in [0, 0.1) is 0 Å². The second kappa shape index (κ2) is 9.14. The number of halogens is 1. The molecule has 0 amide bonds. The highest BCUT2D eigenvalue weighted by Gasteiger charge is 2.15. The number of hydrogen-bond donors (Lipinski definition) is 0. The SMILES string of the molecule is C/C(Br)=C(/C=C/C(=O)c1ccc(C2CCCCC2)cc1)c1ccccc1. The Morgan fingerprint density at radius 1 is 0.885 bits per heavy atom. The maximum Gasteiger partial charge on any atom is 0.185 e. The van der Waals surface area contributed by atoms with Crippen LogP contribution in [-0.2, 0) is 0 Å². The summed E-state index contributed by atoms with van der Waals surface area (Å²) < 4.78 is 1.01. The zero-order chi connectivity index (χ0) is 18.4. The molecule has 0 aromatic heterocycles. The van der Waals surface area contributed by atoms with Crippen LogP contribution in [0.3, 0.4) is 0 Å². The van der Waals surface area contributed by atoms with E-state index in [1.54, 1.807) is 6.08 Å². The van der Waals surface area contributed by atoms with Gasteiger partial charge in [0.1, 0.15) is 0 Å². The van der Waals surface area contributed by atoms with Gasteiger partial charge in [-0.15, -0.1) is 0 Å². The Labute approximate surface area is 165 Å². The van der Waals surface area contributed by atoms with E-state index in [9.17, 15) is 4.79 Å². The van der Waals surface area contributed by atoms with Gasteiger partial charge in [-0.25, -0.2) is 0 Å². The summed E-state index contributed by atoms with van der Waals surface area (Å²) in [5.74, 6) is 0.717. The lowest BCUT2D eigenvalue weighted by Gasteiger charge is -2.21. The molecule has 2 aromatic rings. The average Bonchev–Trinajstić information content (AvgIpc) is 2.69. The summed E-state index contributed by atoms with van der Waals surface area (Å²) in [7, 11) is 0. The molecule has 1 aliphatic rings. The van der Waals surface area contributed by atoms with Gasteiger partial charge in [0.2, 0.25) is 0 Å². The number of carbonyl (C=O) groups is 1. The van der Waals surface area contributed by atoms with Crippen LogP contribution in [0.25, 0.3) is 5.57 Å². The molecule has 134 valence electrons. The Kier molecular flexibility index (Phi) is 6.62. The van der Waals surface area contributed by atoms with Crippen molar-refractivity contribution in [1.82, 2.24) is 0 Å². The van der Waals surface area contributed by atoms with Crippen LogP contribution in [-0.4, -0.2) is 5.78 Å². The van der Waals surface area contributed by atoms with E-state index in [-0.39, 0.29) is 5.78 Å². The van der Waals surface area contributed by atoms with Gasteiger partial charge in [-0.2, -0.15) is 0 Å². The van der Waals surface area contributed by atoms with Gasteiger partial charge in [-0.1, -0.05) is 89.8 Å². The molecular formula is C24H25BrO. The summed E-state index contributed by atoms with van der Waals surface area (Å²) in [6.45, 7) is 2.00. The van der Waals surface area contributed by atoms with Crippen molar-refractivity contribution < 1.29 is 4.79 Å². The lowest BCUT2D eigenvalue weighted by molar-refractivity contribution is 0.104. The first kappa shape index (κ1) is 18.8. The Bertz CT molecular complexity index is 790. The van der Waals surface area contributed by atoms with E-state index in [1.807, 2.05) is 55.5 Å². The summed E-state index contributed by atoms with van der Waals surface area (Å²) in [6.07, 6.45) is 10.1. The number of ketones is 1. The van der Waals surface area contributed by atoms with E-state index in [0.29, 0.717) is 5.92 Å². The molecule has 0 unspecified atom stereocenters. The Morgan fingerprint density at radius 2 is 1.54 bits per heavy atom. The molecule has 0 spiro atoms. The van der Waals surface area contributed by atoms with Crippen molar-refractivity contribution in [3.8, 4) is 0 Å². The maximum absolute atomic E-state index is 12.6. The molecule has 0 saturated heterocycles. The van der Waals surface area contributed by atoms with Crippen molar-refractivity contribution in [2.45, 2.75) is 44.9 Å². The predicted octanol–water partition coefficient (Wildman–Crippen LogP) is 7.30. The summed E-state index contributed by atoms with van der Waals surface area (Å²) in [5.41, 5.74) is 4.25. The molecule has 0 N–H and O–H groups in total. The molecule has 26 heavy (non-hydrogen) atoms. The van der Waals surface area contributed by atoms with Crippen molar-refractivity contribution in [1.29, 1.82) is 0 Å². The fourth-order valence-electron chi connectivity index (χ4n) is 3.64. The zero-order valence-corrected chi connectivity index (χ0v) is 16.8. The van der Waals surface area contributed by atoms with Crippen LogP contribution in [0.5, 0.6) is 0 Å². The monoisotopic (exact) mass is 408 g/mol. The Morgan fingerprint density at radius 3 is 2.15 bits per heavy atom. The molecule has 1 aliphatic carbocycles. The van der Waals surface area contributed by atoms with Crippen molar-refractivity contribution in [2.24, 2.45) is 0 Å². The molecule has 0 aliphatic heterocycles. The van der Waals surface area contributed by atoms with Crippen LogP contribution in [0.1, 0.15) is 66.4 Å². The van der Waals surface area contributed by atoms with E-state index in [1.165, 1.54) is 37.7 Å². The molecule has 0 radical (unpaired) electrons.